The van der Waals surface area contributed by atoms with Crippen LogP contribution in [0.2, 0.25) is 0 Å². The van der Waals surface area contributed by atoms with Gasteiger partial charge < -0.3 is 15.5 Å². The van der Waals surface area contributed by atoms with Gasteiger partial charge in [0.1, 0.15) is 0 Å². The molecule has 4 heteroatoms. The zero-order valence-corrected chi connectivity index (χ0v) is 54.6. The first kappa shape index (κ1) is 78.6. The first-order chi connectivity index (χ1) is 40.2. The van der Waals surface area contributed by atoms with E-state index in [9.17, 15) is 15.0 Å². The average molecular weight is 1130 g/mol. The number of carbonyl (C=O) groups excluding carboxylic acids is 1. The lowest BCUT2D eigenvalue weighted by Gasteiger charge is -2.20. The fraction of sp³-hybridized carbons (Fsp3) is 0.805. The zero-order chi connectivity index (χ0) is 58.4. The lowest BCUT2D eigenvalue weighted by Crippen LogP contribution is -2.45. The Morgan fingerprint density at radius 3 is 0.815 bits per heavy atom. The van der Waals surface area contributed by atoms with E-state index >= 15 is 0 Å². The van der Waals surface area contributed by atoms with Crippen molar-refractivity contribution in [3.63, 3.8) is 0 Å². The van der Waals surface area contributed by atoms with Crippen molar-refractivity contribution in [1.82, 2.24) is 5.32 Å². The highest BCUT2D eigenvalue weighted by Gasteiger charge is 2.18. The monoisotopic (exact) mass is 1130 g/mol. The third-order valence-corrected chi connectivity index (χ3v) is 16.6. The quantitative estimate of drug-likeness (QED) is 0.0420. The lowest BCUT2D eigenvalue weighted by atomic mass is 10.0. The Morgan fingerprint density at radius 1 is 0.309 bits per heavy atom. The minimum atomic E-state index is -0.842. The molecule has 0 bridgehead atoms. The van der Waals surface area contributed by atoms with Gasteiger partial charge in [0, 0.05) is 6.42 Å². The van der Waals surface area contributed by atoms with Gasteiger partial charge in [0.25, 0.3) is 0 Å². The number of nitrogens with one attached hydrogen (secondary N) is 1. The number of hydrogen-bond donors (Lipinski definition) is 3. The molecule has 0 rings (SSSR count). The number of allylic oxidation sites excluding steroid dienone is 13. The van der Waals surface area contributed by atoms with Crippen LogP contribution in [-0.2, 0) is 4.79 Å². The molecule has 0 fully saturated rings. The van der Waals surface area contributed by atoms with Crippen molar-refractivity contribution in [2.45, 2.75) is 392 Å². The second kappa shape index (κ2) is 71.8. The summed E-state index contributed by atoms with van der Waals surface area (Å²) in [6.45, 7) is 4.23. The summed E-state index contributed by atoms with van der Waals surface area (Å²) in [6.07, 6.45) is 105. The van der Waals surface area contributed by atoms with Crippen LogP contribution < -0.4 is 5.32 Å². The number of rotatable bonds is 67. The average Bonchev–Trinajstić information content (AvgIpc) is 3.47. The zero-order valence-electron chi connectivity index (χ0n) is 54.6. The fourth-order valence-corrected chi connectivity index (χ4v) is 11.2. The standard InChI is InChI=1S/C77H141NO3/c1-3-5-7-9-11-13-15-17-19-21-23-25-27-29-31-33-34-35-36-37-38-39-40-41-42-43-44-45-47-49-51-53-55-57-59-61-63-65-67-69-71-73-77(81)78-75(74-79)76(80)72-70-68-66-64-62-60-58-56-54-52-50-48-46-32-30-28-26-24-22-20-18-16-14-12-10-8-6-4-2/h5,7,11,13,17,19,23,25,29,31,34-35,70,72,75-76,79-80H,3-4,6,8-10,12,14-16,18,20-22,24,26-28,30,32-33,36-69,71,73-74H2,1-2H3,(H,78,81)/b7-5-,13-11-,19-17-,25-23-,31-29-,35-34-,72-70+. The second-order valence-electron chi connectivity index (χ2n) is 24.6. The van der Waals surface area contributed by atoms with E-state index < -0.39 is 12.1 Å². The Balaban J connectivity index is 3.43. The predicted octanol–water partition coefficient (Wildman–Crippen LogP) is 25.0. The highest BCUT2D eigenvalue weighted by atomic mass is 16.3. The second-order valence-corrected chi connectivity index (χ2v) is 24.6. The molecule has 0 radical (unpaired) electrons. The smallest absolute Gasteiger partial charge is 0.220 e. The number of aliphatic hydroxyl groups excluding tert-OH is 2. The van der Waals surface area contributed by atoms with Crippen LogP contribution in [-0.4, -0.2) is 34.9 Å². The van der Waals surface area contributed by atoms with Crippen LogP contribution in [0, 0.1) is 0 Å². The van der Waals surface area contributed by atoms with Gasteiger partial charge in [0.05, 0.1) is 18.8 Å². The van der Waals surface area contributed by atoms with Crippen molar-refractivity contribution >= 4 is 5.91 Å². The molecule has 0 aromatic carbocycles. The number of hydrogen-bond acceptors (Lipinski definition) is 3. The van der Waals surface area contributed by atoms with E-state index in [-0.39, 0.29) is 12.5 Å². The van der Waals surface area contributed by atoms with E-state index in [2.05, 4.69) is 92.1 Å². The summed E-state index contributed by atoms with van der Waals surface area (Å²) in [5.74, 6) is -0.0577. The first-order valence-corrected chi connectivity index (χ1v) is 36.3. The molecule has 2 atom stereocenters. The van der Waals surface area contributed by atoms with Gasteiger partial charge in [-0.2, -0.15) is 0 Å². The van der Waals surface area contributed by atoms with E-state index in [1.54, 1.807) is 6.08 Å². The van der Waals surface area contributed by atoms with Gasteiger partial charge in [-0.1, -0.05) is 388 Å². The summed E-state index contributed by atoms with van der Waals surface area (Å²) in [5.41, 5.74) is 0. The topological polar surface area (TPSA) is 69.6 Å². The number of aliphatic hydroxyl groups is 2. The molecule has 2 unspecified atom stereocenters. The molecule has 0 aliphatic heterocycles. The van der Waals surface area contributed by atoms with Crippen molar-refractivity contribution < 1.29 is 15.0 Å². The fourth-order valence-electron chi connectivity index (χ4n) is 11.2. The third-order valence-electron chi connectivity index (χ3n) is 16.6. The third kappa shape index (κ3) is 68.2. The summed E-state index contributed by atoms with van der Waals surface area (Å²) >= 11 is 0. The van der Waals surface area contributed by atoms with Crippen molar-refractivity contribution in [3.05, 3.63) is 85.1 Å². The minimum absolute atomic E-state index is 0.0577. The Hall–Kier alpha value is -2.43. The van der Waals surface area contributed by atoms with E-state index in [0.717, 1.165) is 64.2 Å². The molecule has 81 heavy (non-hydrogen) atoms. The van der Waals surface area contributed by atoms with E-state index in [1.807, 2.05) is 6.08 Å². The summed E-state index contributed by atoms with van der Waals surface area (Å²) in [4.78, 5) is 12.6. The van der Waals surface area contributed by atoms with Gasteiger partial charge in [-0.3, -0.25) is 4.79 Å². The molecule has 0 aromatic heterocycles. The highest BCUT2D eigenvalue weighted by Crippen LogP contribution is 2.19. The molecular weight excluding hydrogens is 987 g/mol. The van der Waals surface area contributed by atoms with Gasteiger partial charge in [0.2, 0.25) is 5.91 Å². The number of amides is 1. The molecule has 0 aliphatic carbocycles. The summed E-state index contributed by atoms with van der Waals surface area (Å²) in [5, 5.41) is 23.3. The van der Waals surface area contributed by atoms with Crippen molar-refractivity contribution in [1.29, 1.82) is 0 Å². The van der Waals surface area contributed by atoms with Crippen LogP contribution in [0.25, 0.3) is 0 Å². The van der Waals surface area contributed by atoms with Crippen LogP contribution in [0.1, 0.15) is 380 Å². The van der Waals surface area contributed by atoms with E-state index in [0.29, 0.717) is 6.42 Å². The number of unbranched alkanes of at least 4 members (excludes halogenated alkanes) is 48. The van der Waals surface area contributed by atoms with Gasteiger partial charge in [-0.05, 0) is 70.6 Å². The SMILES string of the molecule is CC/C=C\C/C=C\C/C=C\C/C=C\C/C=C\C/C=C\CCCCCCCCCCCCCCCCCCCCCCCCC(=O)NC(CO)C(O)/C=C/CCCCCCCCCCCCCCCCCCCCCCCCCCCC. The Bertz CT molecular complexity index is 1420. The molecule has 1 amide bonds. The van der Waals surface area contributed by atoms with Crippen molar-refractivity contribution in [2.75, 3.05) is 6.61 Å². The molecule has 0 saturated heterocycles. The molecule has 3 N–H and O–H groups in total. The van der Waals surface area contributed by atoms with Gasteiger partial charge in [0.15, 0.2) is 0 Å². The van der Waals surface area contributed by atoms with E-state index in [4.69, 9.17) is 0 Å². The van der Waals surface area contributed by atoms with E-state index in [1.165, 1.54) is 295 Å². The molecule has 0 spiro atoms. The first-order valence-electron chi connectivity index (χ1n) is 36.3. The molecule has 4 nitrogen and oxygen atoms in total. The Morgan fingerprint density at radius 2 is 0.543 bits per heavy atom. The molecule has 0 aromatic rings. The van der Waals surface area contributed by atoms with Crippen molar-refractivity contribution in [2.24, 2.45) is 0 Å². The molecule has 0 aliphatic rings. The molecule has 0 saturated carbocycles. The van der Waals surface area contributed by atoms with Gasteiger partial charge in [-0.15, -0.1) is 0 Å². The van der Waals surface area contributed by atoms with Gasteiger partial charge >= 0.3 is 0 Å². The highest BCUT2D eigenvalue weighted by molar-refractivity contribution is 5.76. The maximum atomic E-state index is 12.6. The van der Waals surface area contributed by atoms with Crippen LogP contribution in [0.4, 0.5) is 0 Å². The normalized spacial score (nSPS) is 13.2. The van der Waals surface area contributed by atoms with Crippen LogP contribution in [0.5, 0.6) is 0 Å². The maximum Gasteiger partial charge on any atom is 0.220 e. The lowest BCUT2D eigenvalue weighted by molar-refractivity contribution is -0.123. The van der Waals surface area contributed by atoms with Crippen LogP contribution in [0.15, 0.2) is 85.1 Å². The van der Waals surface area contributed by atoms with Crippen molar-refractivity contribution in [3.8, 4) is 0 Å². The Labute approximate surface area is 507 Å². The summed E-state index contributed by atoms with van der Waals surface area (Å²) < 4.78 is 0. The summed E-state index contributed by atoms with van der Waals surface area (Å²) in [6, 6.07) is -0.625. The summed E-state index contributed by atoms with van der Waals surface area (Å²) in [7, 11) is 0. The minimum Gasteiger partial charge on any atom is -0.394 e. The molecule has 472 valence electrons. The van der Waals surface area contributed by atoms with Gasteiger partial charge in [-0.25, -0.2) is 0 Å². The number of carbonyl (C=O) groups is 1. The van der Waals surface area contributed by atoms with Crippen LogP contribution in [0.3, 0.4) is 0 Å². The maximum absolute atomic E-state index is 12.6. The Kier molecular flexibility index (Phi) is 69.7. The molecule has 0 heterocycles. The predicted molar refractivity (Wildman–Crippen MR) is 364 cm³/mol. The largest absolute Gasteiger partial charge is 0.394 e. The van der Waals surface area contributed by atoms with Crippen LogP contribution >= 0.6 is 0 Å². The molecular formula is C77H141NO3.